The van der Waals surface area contributed by atoms with Crippen molar-refractivity contribution < 1.29 is 18.0 Å². The topological polar surface area (TPSA) is 55.1 Å². The first-order valence-electron chi connectivity index (χ1n) is 7.96. The van der Waals surface area contributed by atoms with Gasteiger partial charge in [-0.2, -0.15) is 13.2 Å². The van der Waals surface area contributed by atoms with Gasteiger partial charge in [-0.05, 0) is 53.3 Å². The highest BCUT2D eigenvalue weighted by molar-refractivity contribution is 5.93. The van der Waals surface area contributed by atoms with Crippen molar-refractivity contribution in [2.24, 2.45) is 5.73 Å². The number of nitrogens with one attached hydrogen (secondary N) is 1. The molecular formula is C19H19F3N2O. The molecular weight excluding hydrogens is 329 g/mol. The largest absolute Gasteiger partial charge is 0.416 e. The van der Waals surface area contributed by atoms with Crippen LogP contribution in [-0.2, 0) is 11.6 Å². The van der Waals surface area contributed by atoms with E-state index < -0.39 is 17.6 Å². The molecule has 3 nitrogen and oxygen atoms in total. The molecule has 0 bridgehead atoms. The van der Waals surface area contributed by atoms with E-state index in [9.17, 15) is 18.0 Å². The van der Waals surface area contributed by atoms with E-state index in [4.69, 9.17) is 5.73 Å². The average Bonchev–Trinajstić information content (AvgIpc) is 2.53. The van der Waals surface area contributed by atoms with E-state index in [2.05, 4.69) is 5.32 Å². The molecule has 2 aromatic carbocycles. The molecule has 1 atom stereocenters. The van der Waals surface area contributed by atoms with Crippen molar-refractivity contribution in [2.45, 2.75) is 37.9 Å². The number of carbonyl (C=O) groups excluding carboxylic acids is 1. The van der Waals surface area contributed by atoms with Crippen molar-refractivity contribution in [1.29, 1.82) is 0 Å². The van der Waals surface area contributed by atoms with Gasteiger partial charge in [0.25, 0.3) is 0 Å². The summed E-state index contributed by atoms with van der Waals surface area (Å²) in [6.45, 7) is 4.02. The summed E-state index contributed by atoms with van der Waals surface area (Å²) in [5, 5.41) is 3.29. The van der Waals surface area contributed by atoms with E-state index in [1.165, 1.54) is 12.1 Å². The normalized spacial score (nSPS) is 19.0. The minimum Gasteiger partial charge on any atom is -0.378 e. The number of nitrogens with two attached hydrogens (primary N) is 1. The number of primary amides is 1. The highest BCUT2D eigenvalue weighted by Crippen LogP contribution is 2.44. The van der Waals surface area contributed by atoms with Crippen LogP contribution < -0.4 is 11.1 Å². The Morgan fingerprint density at radius 1 is 1.20 bits per heavy atom. The molecule has 132 valence electrons. The van der Waals surface area contributed by atoms with Crippen LogP contribution in [0.15, 0.2) is 42.5 Å². The van der Waals surface area contributed by atoms with Crippen molar-refractivity contribution in [3.8, 4) is 0 Å². The summed E-state index contributed by atoms with van der Waals surface area (Å²) in [7, 11) is 0. The van der Waals surface area contributed by atoms with Crippen molar-refractivity contribution >= 4 is 11.6 Å². The number of benzene rings is 2. The van der Waals surface area contributed by atoms with Gasteiger partial charge in [0.2, 0.25) is 5.91 Å². The molecule has 0 saturated carbocycles. The number of hydrogen-bond donors (Lipinski definition) is 2. The summed E-state index contributed by atoms with van der Waals surface area (Å²) in [5.74, 6) is -0.501. The summed E-state index contributed by atoms with van der Waals surface area (Å²) >= 11 is 0. The molecule has 0 aromatic heterocycles. The number of carbonyl (C=O) groups is 1. The molecule has 1 heterocycles. The number of anilines is 1. The van der Waals surface area contributed by atoms with Crippen LogP contribution in [0.5, 0.6) is 0 Å². The van der Waals surface area contributed by atoms with Crippen LogP contribution in [-0.4, -0.2) is 5.91 Å². The second-order valence-electron chi connectivity index (χ2n) is 7.03. The second-order valence-corrected chi connectivity index (χ2v) is 7.03. The lowest BCUT2D eigenvalue weighted by atomic mass is 9.73. The molecule has 3 N–H and O–H groups in total. The molecule has 1 unspecified atom stereocenters. The predicted molar refractivity (Wildman–Crippen MR) is 90.4 cm³/mol. The Labute approximate surface area is 144 Å². The number of amides is 1. The molecule has 0 saturated heterocycles. The smallest absolute Gasteiger partial charge is 0.378 e. The van der Waals surface area contributed by atoms with Crippen LogP contribution in [0, 0.1) is 0 Å². The van der Waals surface area contributed by atoms with Gasteiger partial charge in [0.05, 0.1) is 11.6 Å². The highest BCUT2D eigenvalue weighted by Gasteiger charge is 2.35. The fourth-order valence-electron chi connectivity index (χ4n) is 3.38. The Bertz CT molecular complexity index is 828. The lowest BCUT2D eigenvalue weighted by Crippen LogP contribution is -2.31. The number of hydrogen-bond acceptors (Lipinski definition) is 2. The Hall–Kier alpha value is -2.50. The maximum Gasteiger partial charge on any atom is 0.416 e. The lowest BCUT2D eigenvalue weighted by Gasteiger charge is -2.39. The van der Waals surface area contributed by atoms with Crippen LogP contribution in [0.1, 0.15) is 53.4 Å². The van der Waals surface area contributed by atoms with Crippen LogP contribution in [0.25, 0.3) is 0 Å². The predicted octanol–water partition coefficient (Wildman–Crippen LogP) is 4.64. The second kappa shape index (κ2) is 5.79. The van der Waals surface area contributed by atoms with Gasteiger partial charge >= 0.3 is 6.18 Å². The number of alkyl halides is 3. The molecule has 25 heavy (non-hydrogen) atoms. The van der Waals surface area contributed by atoms with Crippen molar-refractivity contribution in [3.63, 3.8) is 0 Å². The van der Waals surface area contributed by atoms with Gasteiger partial charge in [-0.3, -0.25) is 4.79 Å². The fraction of sp³-hybridized carbons (Fsp3) is 0.316. The summed E-state index contributed by atoms with van der Waals surface area (Å²) in [6.07, 6.45) is -3.77. The molecule has 0 fully saturated rings. The molecule has 1 aliphatic rings. The van der Waals surface area contributed by atoms with E-state index in [0.717, 1.165) is 17.3 Å². The van der Waals surface area contributed by atoms with E-state index in [-0.39, 0.29) is 11.5 Å². The molecule has 0 radical (unpaired) electrons. The van der Waals surface area contributed by atoms with Crippen LogP contribution in [0.3, 0.4) is 0 Å². The maximum atomic E-state index is 13.0. The zero-order valence-electron chi connectivity index (χ0n) is 13.9. The first kappa shape index (κ1) is 17.3. The summed E-state index contributed by atoms with van der Waals surface area (Å²) in [5.41, 5.74) is 7.14. The molecule has 1 amide bonds. The van der Waals surface area contributed by atoms with Gasteiger partial charge in [-0.15, -0.1) is 0 Å². The van der Waals surface area contributed by atoms with Gasteiger partial charge in [-0.1, -0.05) is 26.0 Å². The van der Waals surface area contributed by atoms with Crippen LogP contribution >= 0.6 is 0 Å². The quantitative estimate of drug-likeness (QED) is 0.831. The fourth-order valence-corrected chi connectivity index (χ4v) is 3.38. The Morgan fingerprint density at radius 2 is 1.92 bits per heavy atom. The van der Waals surface area contributed by atoms with Gasteiger partial charge in [0, 0.05) is 11.3 Å². The van der Waals surface area contributed by atoms with Crippen molar-refractivity contribution in [2.75, 3.05) is 5.32 Å². The van der Waals surface area contributed by atoms with Gasteiger partial charge in [-0.25, -0.2) is 0 Å². The van der Waals surface area contributed by atoms with E-state index in [0.29, 0.717) is 17.5 Å². The van der Waals surface area contributed by atoms with Crippen LogP contribution in [0.2, 0.25) is 0 Å². The monoisotopic (exact) mass is 348 g/mol. The van der Waals surface area contributed by atoms with Crippen molar-refractivity contribution in [1.82, 2.24) is 0 Å². The van der Waals surface area contributed by atoms with E-state index in [1.54, 1.807) is 24.3 Å². The highest BCUT2D eigenvalue weighted by atomic mass is 19.4. The molecule has 0 spiro atoms. The lowest BCUT2D eigenvalue weighted by molar-refractivity contribution is -0.137. The number of fused-ring (bicyclic) bond motifs is 1. The number of rotatable bonds is 2. The molecule has 2 aromatic rings. The molecule has 3 rings (SSSR count). The zero-order chi connectivity index (χ0) is 18.4. The maximum absolute atomic E-state index is 13.0. The third kappa shape index (κ3) is 3.34. The first-order valence-corrected chi connectivity index (χ1v) is 7.96. The Balaban J connectivity index is 1.99. The molecule has 0 aliphatic carbocycles. The SMILES string of the molecule is CC1(C)CC(c2cccc(C(F)(F)F)c2)Nc2ccc(C(N)=O)cc21. The summed E-state index contributed by atoms with van der Waals surface area (Å²) < 4.78 is 38.9. The van der Waals surface area contributed by atoms with Gasteiger partial charge in [0.15, 0.2) is 0 Å². The van der Waals surface area contributed by atoms with E-state index >= 15 is 0 Å². The minimum atomic E-state index is -4.37. The molecule has 6 heteroatoms. The Morgan fingerprint density at radius 3 is 2.56 bits per heavy atom. The average molecular weight is 348 g/mol. The Kier molecular flexibility index (Phi) is 4.01. The zero-order valence-corrected chi connectivity index (χ0v) is 13.9. The minimum absolute atomic E-state index is 0.246. The standard InChI is InChI=1S/C19H19F3N2O/c1-18(2)10-16(11-4-3-5-13(8-11)19(20,21)22)24-15-7-6-12(17(23)25)9-14(15)18/h3-9,16,24H,10H2,1-2H3,(H2,23,25). The van der Waals surface area contributed by atoms with Gasteiger partial charge in [0.1, 0.15) is 0 Å². The van der Waals surface area contributed by atoms with Crippen LogP contribution in [0.4, 0.5) is 18.9 Å². The van der Waals surface area contributed by atoms with Crippen molar-refractivity contribution in [3.05, 3.63) is 64.7 Å². The molecule has 1 aliphatic heterocycles. The summed E-state index contributed by atoms with van der Waals surface area (Å²) in [6, 6.07) is 10.3. The number of halogens is 3. The first-order chi connectivity index (χ1) is 11.6. The third-order valence-electron chi connectivity index (χ3n) is 4.69. The summed E-state index contributed by atoms with van der Waals surface area (Å²) in [4.78, 5) is 11.4. The van der Waals surface area contributed by atoms with Gasteiger partial charge < -0.3 is 11.1 Å². The van der Waals surface area contributed by atoms with E-state index in [1.807, 2.05) is 13.8 Å². The third-order valence-corrected chi connectivity index (χ3v) is 4.69.